The number of methoxy groups -OCH3 is 2. The van der Waals surface area contributed by atoms with Crippen LogP contribution in [0.25, 0.3) is 0 Å². The van der Waals surface area contributed by atoms with Crippen molar-refractivity contribution in [2.24, 2.45) is 9.98 Å². The van der Waals surface area contributed by atoms with Gasteiger partial charge in [0, 0.05) is 7.11 Å². The highest BCUT2D eigenvalue weighted by molar-refractivity contribution is 6.27. The minimum Gasteiger partial charge on any atom is -0.480 e. The first kappa shape index (κ1) is 8.64. The molecule has 0 spiro atoms. The van der Waals surface area contributed by atoms with Crippen molar-refractivity contribution in [1.82, 2.24) is 0 Å². The number of ether oxygens (including phenoxy) is 2. The SMILES string of the molecule is COC1=NC(=C=O)C(OC)N=C1. The molecule has 64 valence electrons. The lowest BCUT2D eigenvalue weighted by Crippen LogP contribution is -2.19. The standard InChI is InChI=1S/C7H8N2O3/c1-11-6-3-8-7(12-2)5(4-10)9-6/h3,7H,1-2H3. The van der Waals surface area contributed by atoms with Gasteiger partial charge in [0.15, 0.2) is 11.6 Å². The average Bonchev–Trinajstić information content (AvgIpc) is 2.16. The van der Waals surface area contributed by atoms with E-state index in [0.717, 1.165) is 0 Å². The number of hydrogen-bond donors (Lipinski definition) is 0. The van der Waals surface area contributed by atoms with Gasteiger partial charge in [-0.2, -0.15) is 0 Å². The molecule has 0 fully saturated rings. The Morgan fingerprint density at radius 3 is 2.83 bits per heavy atom. The number of aliphatic imine (C=N–C) groups is 2. The molecular weight excluding hydrogens is 160 g/mol. The first-order chi connectivity index (χ1) is 5.81. The van der Waals surface area contributed by atoms with E-state index in [9.17, 15) is 4.79 Å². The Kier molecular flexibility index (Phi) is 2.74. The fourth-order valence-electron chi connectivity index (χ4n) is 0.749. The monoisotopic (exact) mass is 168 g/mol. The maximum atomic E-state index is 10.3. The van der Waals surface area contributed by atoms with Gasteiger partial charge in [0.25, 0.3) is 0 Å². The van der Waals surface area contributed by atoms with E-state index in [1.54, 1.807) is 5.94 Å². The Bertz CT molecular complexity index is 276. The van der Waals surface area contributed by atoms with E-state index in [-0.39, 0.29) is 11.6 Å². The Morgan fingerprint density at radius 2 is 2.33 bits per heavy atom. The van der Waals surface area contributed by atoms with Crippen LogP contribution in [0.4, 0.5) is 0 Å². The second-order valence-electron chi connectivity index (χ2n) is 2.01. The molecule has 0 radical (unpaired) electrons. The lowest BCUT2D eigenvalue weighted by molar-refractivity contribution is 0.138. The number of rotatable bonds is 1. The minimum absolute atomic E-state index is 0.0943. The molecule has 12 heavy (non-hydrogen) atoms. The van der Waals surface area contributed by atoms with Crippen LogP contribution in [0.15, 0.2) is 15.7 Å². The first-order valence-electron chi connectivity index (χ1n) is 3.25. The summed E-state index contributed by atoms with van der Waals surface area (Å²) in [6, 6.07) is 0. The molecule has 1 atom stereocenters. The van der Waals surface area contributed by atoms with Gasteiger partial charge in [0.05, 0.1) is 13.3 Å². The molecule has 1 aliphatic heterocycles. The highest BCUT2D eigenvalue weighted by Crippen LogP contribution is 2.09. The molecule has 5 nitrogen and oxygen atoms in total. The molecule has 0 aromatic heterocycles. The van der Waals surface area contributed by atoms with Gasteiger partial charge in [-0.25, -0.2) is 14.8 Å². The van der Waals surface area contributed by atoms with E-state index in [0.29, 0.717) is 0 Å². The Morgan fingerprint density at radius 1 is 1.58 bits per heavy atom. The molecule has 1 rings (SSSR count). The Balaban J connectivity index is 2.89. The van der Waals surface area contributed by atoms with Crippen LogP contribution in [0.2, 0.25) is 0 Å². The Hall–Kier alpha value is -1.45. The molecule has 0 N–H and O–H groups in total. The van der Waals surface area contributed by atoms with E-state index in [2.05, 4.69) is 9.98 Å². The van der Waals surface area contributed by atoms with E-state index in [1.807, 2.05) is 0 Å². The van der Waals surface area contributed by atoms with Crippen molar-refractivity contribution in [2.45, 2.75) is 6.23 Å². The molecule has 1 aliphatic rings. The molecular formula is C7H8N2O3. The topological polar surface area (TPSA) is 60.2 Å². The summed E-state index contributed by atoms with van der Waals surface area (Å²) in [7, 11) is 2.88. The van der Waals surface area contributed by atoms with Crippen molar-refractivity contribution < 1.29 is 14.3 Å². The van der Waals surface area contributed by atoms with E-state index < -0.39 is 6.23 Å². The number of carbonyl (C=O) groups excluding carboxylic acids is 1. The van der Waals surface area contributed by atoms with Crippen molar-refractivity contribution in [1.29, 1.82) is 0 Å². The van der Waals surface area contributed by atoms with Gasteiger partial charge >= 0.3 is 0 Å². The number of hydrogen-bond acceptors (Lipinski definition) is 5. The third-order valence-electron chi connectivity index (χ3n) is 1.32. The summed E-state index contributed by atoms with van der Waals surface area (Å²) in [5.41, 5.74) is 0.0943. The maximum absolute atomic E-state index is 10.3. The van der Waals surface area contributed by atoms with Gasteiger partial charge in [0.2, 0.25) is 12.1 Å². The molecule has 5 heteroatoms. The van der Waals surface area contributed by atoms with Crippen molar-refractivity contribution in [3.8, 4) is 0 Å². The van der Waals surface area contributed by atoms with Gasteiger partial charge in [-0.15, -0.1) is 0 Å². The normalized spacial score (nSPS) is 21.7. The molecule has 0 amide bonds. The molecule has 0 bridgehead atoms. The molecule has 1 heterocycles. The minimum atomic E-state index is -0.651. The average molecular weight is 168 g/mol. The highest BCUT2D eigenvalue weighted by atomic mass is 16.5. The van der Waals surface area contributed by atoms with E-state index >= 15 is 0 Å². The van der Waals surface area contributed by atoms with Crippen LogP contribution in [-0.4, -0.2) is 38.5 Å². The Labute approximate surface area is 69.4 Å². The molecule has 0 aromatic carbocycles. The van der Waals surface area contributed by atoms with Crippen molar-refractivity contribution in [2.75, 3.05) is 14.2 Å². The predicted octanol–water partition coefficient (Wildman–Crippen LogP) is -0.196. The van der Waals surface area contributed by atoms with Crippen LogP contribution >= 0.6 is 0 Å². The van der Waals surface area contributed by atoms with Crippen molar-refractivity contribution in [3.63, 3.8) is 0 Å². The van der Waals surface area contributed by atoms with Gasteiger partial charge < -0.3 is 9.47 Å². The van der Waals surface area contributed by atoms with Crippen LogP contribution in [0.1, 0.15) is 0 Å². The summed E-state index contributed by atoms with van der Waals surface area (Å²) < 4.78 is 9.59. The van der Waals surface area contributed by atoms with Gasteiger partial charge in [-0.1, -0.05) is 0 Å². The molecule has 1 unspecified atom stereocenters. The summed E-state index contributed by atoms with van der Waals surface area (Å²) >= 11 is 0. The number of nitrogens with zero attached hydrogens (tertiary/aromatic N) is 2. The molecule has 0 aliphatic carbocycles. The van der Waals surface area contributed by atoms with Crippen molar-refractivity contribution in [3.05, 3.63) is 5.70 Å². The summed E-state index contributed by atoms with van der Waals surface area (Å²) in [5.74, 6) is 1.91. The van der Waals surface area contributed by atoms with E-state index in [4.69, 9.17) is 9.47 Å². The van der Waals surface area contributed by atoms with Crippen LogP contribution in [0.5, 0.6) is 0 Å². The largest absolute Gasteiger partial charge is 0.480 e. The fourth-order valence-corrected chi connectivity index (χ4v) is 0.749. The second kappa shape index (κ2) is 3.80. The van der Waals surface area contributed by atoms with E-state index in [1.165, 1.54) is 20.4 Å². The van der Waals surface area contributed by atoms with Crippen LogP contribution in [-0.2, 0) is 14.3 Å². The summed E-state index contributed by atoms with van der Waals surface area (Å²) in [5, 5.41) is 0. The first-order valence-corrected chi connectivity index (χ1v) is 3.25. The van der Waals surface area contributed by atoms with Gasteiger partial charge in [-0.3, -0.25) is 0 Å². The third-order valence-corrected chi connectivity index (χ3v) is 1.32. The summed E-state index contributed by atoms with van der Waals surface area (Å²) in [6.45, 7) is 0. The molecule has 0 aromatic rings. The summed E-state index contributed by atoms with van der Waals surface area (Å²) in [4.78, 5) is 17.9. The zero-order valence-electron chi connectivity index (χ0n) is 6.77. The summed E-state index contributed by atoms with van der Waals surface area (Å²) in [6.07, 6.45) is 0.746. The van der Waals surface area contributed by atoms with Gasteiger partial charge in [-0.05, 0) is 0 Å². The van der Waals surface area contributed by atoms with Crippen LogP contribution in [0.3, 0.4) is 0 Å². The van der Waals surface area contributed by atoms with Crippen LogP contribution in [0, 0.1) is 0 Å². The zero-order chi connectivity index (χ0) is 8.97. The quantitative estimate of drug-likeness (QED) is 0.509. The zero-order valence-corrected chi connectivity index (χ0v) is 6.77. The van der Waals surface area contributed by atoms with Crippen LogP contribution < -0.4 is 0 Å². The lowest BCUT2D eigenvalue weighted by atomic mass is 10.4. The smallest absolute Gasteiger partial charge is 0.232 e. The molecule has 0 saturated carbocycles. The maximum Gasteiger partial charge on any atom is 0.232 e. The molecule has 0 saturated heterocycles. The second-order valence-corrected chi connectivity index (χ2v) is 2.01. The van der Waals surface area contributed by atoms with Gasteiger partial charge in [0.1, 0.15) is 0 Å². The predicted molar refractivity (Wildman–Crippen MR) is 42.9 cm³/mol. The fraction of sp³-hybridized carbons (Fsp3) is 0.429. The third kappa shape index (κ3) is 1.58. The highest BCUT2D eigenvalue weighted by Gasteiger charge is 2.17. The van der Waals surface area contributed by atoms with Crippen molar-refractivity contribution >= 4 is 18.1 Å². The lowest BCUT2D eigenvalue weighted by Gasteiger charge is -2.12.